The number of nitrogens with one attached hydrogen (secondary N) is 14. The summed E-state index contributed by atoms with van der Waals surface area (Å²) < 4.78 is 16.2. The average Bonchev–Trinajstić information content (AvgIpc) is 1.65. The fraction of sp³-hybridized carbons (Fsp3) is 0.345. The van der Waals surface area contributed by atoms with Crippen LogP contribution in [0.3, 0.4) is 0 Å². The summed E-state index contributed by atoms with van der Waals surface area (Å²) in [5, 5.41) is 51.8. The van der Waals surface area contributed by atoms with E-state index in [1.807, 2.05) is 0 Å². The minimum absolute atomic E-state index is 0.0143. The largest absolute Gasteiger partial charge is 0.496 e. The molecular formula is C55H76N20O12. The zero-order valence-electron chi connectivity index (χ0n) is 48.2. The second kappa shape index (κ2) is 34.6. The molecule has 4 aromatic rings. The van der Waals surface area contributed by atoms with Crippen LogP contribution < -0.4 is 107 Å². The standard InChI is InChI=1S/C55H76N20O12/c1-85-41-18-15-31(26-34(41)44(57)76)70-50(82)39(13-7-22-66-53(60)61)74-46(78)36-28-33(17-20-43(36)87-3)72-51(83)40(14-8-23-67-54(62)63)75-47(79)35-27-32(16-19-42(35)86-2)71-49(81)38(12-6-21-65-52(58)59)73-45(77)29-9-4-10-30(25-29)69-48(80)37(56)11-5-24-68-55(64)84/h4,9-10,15-20,25-28,37-40H,5-8,11-14,21-24,56H2,1-3H3,(H2,57,76)(H,69,80)(H,70,82)(H,71,81)(H,72,83)(H,73,77)(H,74,78)(H,75,79)(H4,58,59,65)(H4,60,61,66)(H4,62,63,67)(H3,64,68,84)/t37-,38-,39-,40-/m1/s1. The lowest BCUT2D eigenvalue weighted by Crippen LogP contribution is -2.45. The Hall–Kier alpha value is -10.9. The topological polar surface area (TPSA) is 541 Å². The van der Waals surface area contributed by atoms with E-state index in [2.05, 4.69) is 58.5 Å². The highest BCUT2D eigenvalue weighted by atomic mass is 16.5. The van der Waals surface area contributed by atoms with Gasteiger partial charge < -0.3 is 107 Å². The second-order valence-corrected chi connectivity index (χ2v) is 19.2. The molecule has 0 unspecified atom stereocenters. The number of amides is 10. The molecule has 0 aliphatic heterocycles. The van der Waals surface area contributed by atoms with Crippen molar-refractivity contribution in [3.8, 4) is 17.2 Å². The zero-order valence-corrected chi connectivity index (χ0v) is 48.2. The molecule has 32 heteroatoms. The van der Waals surface area contributed by atoms with Crippen LogP contribution in [-0.4, -0.2) is 143 Å². The molecule has 0 aliphatic rings. The van der Waals surface area contributed by atoms with Gasteiger partial charge in [0.05, 0.1) is 44.1 Å². The number of methoxy groups -OCH3 is 3. The van der Waals surface area contributed by atoms with Crippen molar-refractivity contribution in [1.29, 1.82) is 16.2 Å². The Balaban J connectivity index is 1.57. The molecule has 4 rings (SSSR count). The van der Waals surface area contributed by atoms with E-state index in [1.54, 1.807) is 0 Å². The van der Waals surface area contributed by atoms with Crippen LogP contribution in [0.25, 0.3) is 0 Å². The summed E-state index contributed by atoms with van der Waals surface area (Å²) in [5.74, 6) is -6.63. The molecule has 0 aliphatic carbocycles. The lowest BCUT2D eigenvalue weighted by atomic mass is 10.1. The number of benzene rings is 4. The molecule has 32 nitrogen and oxygen atoms in total. The van der Waals surface area contributed by atoms with Gasteiger partial charge in [0.2, 0.25) is 23.6 Å². The Morgan fingerprint density at radius 1 is 0.425 bits per heavy atom. The predicted octanol–water partition coefficient (Wildman–Crippen LogP) is -0.473. The lowest BCUT2D eigenvalue weighted by Gasteiger charge is -2.22. The Morgan fingerprint density at radius 2 is 0.770 bits per heavy atom. The maximum Gasteiger partial charge on any atom is 0.312 e. The number of carbonyl (C=O) groups excluding carboxylic acids is 9. The van der Waals surface area contributed by atoms with E-state index in [0.717, 1.165) is 0 Å². The lowest BCUT2D eigenvalue weighted by molar-refractivity contribution is -0.118. The van der Waals surface area contributed by atoms with Gasteiger partial charge in [-0.15, -0.1) is 0 Å². The van der Waals surface area contributed by atoms with Crippen molar-refractivity contribution in [3.05, 3.63) is 101 Å². The maximum absolute atomic E-state index is 14.3. The molecule has 0 spiro atoms. The maximum atomic E-state index is 14.3. The third-order valence-electron chi connectivity index (χ3n) is 12.7. The van der Waals surface area contributed by atoms with Crippen LogP contribution in [0.1, 0.15) is 92.8 Å². The van der Waals surface area contributed by atoms with E-state index in [-0.39, 0.29) is 151 Å². The minimum atomic E-state index is -1.32. The normalized spacial score (nSPS) is 11.9. The van der Waals surface area contributed by atoms with Gasteiger partial charge in [0.1, 0.15) is 35.4 Å². The third kappa shape index (κ3) is 23.0. The van der Waals surface area contributed by atoms with Gasteiger partial charge in [0.15, 0.2) is 17.9 Å². The number of anilines is 4. The van der Waals surface area contributed by atoms with Crippen molar-refractivity contribution in [1.82, 2.24) is 37.2 Å². The SMILES string of the molecule is COc1ccc(NC(=O)[C@@H](CCCNC(=N)N)NC(=O)c2cc(NC(=O)[C@@H](CCCNC(=N)N)NC(=O)c3cc(NC(=O)[C@@H](CCCNC(=N)N)NC(=O)c4cccc(NC(=O)[C@H](N)CCCNC(N)=O)c4)ccc3OC)ccc2OC)cc1C(N)=O. The van der Waals surface area contributed by atoms with Gasteiger partial charge in [0.25, 0.3) is 23.6 Å². The molecule has 468 valence electrons. The predicted molar refractivity (Wildman–Crippen MR) is 324 cm³/mol. The molecule has 4 aromatic carbocycles. The van der Waals surface area contributed by atoms with Crippen molar-refractivity contribution in [2.75, 3.05) is 68.8 Å². The highest BCUT2D eigenvalue weighted by Gasteiger charge is 2.28. The van der Waals surface area contributed by atoms with Gasteiger partial charge in [-0.2, -0.15) is 0 Å². The number of rotatable bonds is 34. The number of urea groups is 1. The molecule has 87 heavy (non-hydrogen) atoms. The average molecular weight is 1210 g/mol. The molecule has 4 atom stereocenters. The van der Waals surface area contributed by atoms with Gasteiger partial charge in [-0.3, -0.25) is 54.6 Å². The first-order valence-electron chi connectivity index (χ1n) is 27.1. The number of nitrogens with two attached hydrogens (primary N) is 6. The van der Waals surface area contributed by atoms with Gasteiger partial charge in [-0.05, 0) is 124 Å². The summed E-state index contributed by atoms with van der Waals surface area (Å²) in [6.07, 6.45) is 1.27. The van der Waals surface area contributed by atoms with Crippen LogP contribution in [0.15, 0.2) is 78.9 Å². The fourth-order valence-electron chi connectivity index (χ4n) is 8.34. The molecule has 0 saturated heterocycles. The molecular weight excluding hydrogens is 1130 g/mol. The molecule has 0 heterocycles. The highest BCUT2D eigenvalue weighted by molar-refractivity contribution is 6.07. The number of carbonyl (C=O) groups is 9. The Morgan fingerprint density at radius 3 is 1.15 bits per heavy atom. The molecule has 0 saturated carbocycles. The third-order valence-corrected chi connectivity index (χ3v) is 12.7. The summed E-state index contributed by atoms with van der Waals surface area (Å²) in [5.41, 5.74) is 33.3. The van der Waals surface area contributed by atoms with E-state index in [1.165, 1.54) is 100 Å². The number of ether oxygens (including phenoxy) is 3. The number of primary amides is 2. The van der Waals surface area contributed by atoms with Crippen molar-refractivity contribution in [3.63, 3.8) is 0 Å². The van der Waals surface area contributed by atoms with Gasteiger partial charge in [0, 0.05) is 54.5 Å². The van der Waals surface area contributed by atoms with Crippen molar-refractivity contribution in [2.24, 2.45) is 34.4 Å². The highest BCUT2D eigenvalue weighted by Crippen LogP contribution is 2.27. The summed E-state index contributed by atoms with van der Waals surface area (Å²) in [4.78, 5) is 120. The first-order chi connectivity index (χ1) is 41.4. The fourth-order valence-corrected chi connectivity index (χ4v) is 8.34. The van der Waals surface area contributed by atoms with Crippen molar-refractivity contribution in [2.45, 2.75) is 75.5 Å². The summed E-state index contributed by atoms with van der Waals surface area (Å²) in [7, 11) is 3.94. The number of hydrogen-bond acceptors (Lipinski definition) is 16. The molecule has 0 radical (unpaired) electrons. The van der Waals surface area contributed by atoms with Crippen LogP contribution in [0.2, 0.25) is 0 Å². The first kappa shape index (κ1) is 68.6. The molecule has 0 bridgehead atoms. The second-order valence-electron chi connectivity index (χ2n) is 19.2. The number of hydrogen-bond donors (Lipinski definition) is 20. The van der Waals surface area contributed by atoms with Crippen LogP contribution in [0, 0.1) is 16.2 Å². The van der Waals surface area contributed by atoms with Crippen LogP contribution in [0.4, 0.5) is 27.5 Å². The Labute approximate surface area is 500 Å². The minimum Gasteiger partial charge on any atom is -0.496 e. The van der Waals surface area contributed by atoms with Gasteiger partial charge >= 0.3 is 6.03 Å². The first-order valence-corrected chi connectivity index (χ1v) is 27.1. The molecule has 0 fully saturated rings. The Kier molecular flexibility index (Phi) is 27.3. The summed E-state index contributed by atoms with van der Waals surface area (Å²) in [6, 6.07) is 12.9. The van der Waals surface area contributed by atoms with E-state index < -0.39 is 77.5 Å². The van der Waals surface area contributed by atoms with E-state index in [9.17, 15) is 43.2 Å². The van der Waals surface area contributed by atoms with Gasteiger partial charge in [-0.1, -0.05) is 6.07 Å². The van der Waals surface area contributed by atoms with Gasteiger partial charge in [-0.25, -0.2) is 4.79 Å². The zero-order chi connectivity index (χ0) is 64.2. The Bertz CT molecular complexity index is 3160. The smallest absolute Gasteiger partial charge is 0.312 e. The van der Waals surface area contributed by atoms with Crippen LogP contribution >= 0.6 is 0 Å². The van der Waals surface area contributed by atoms with E-state index >= 15 is 0 Å². The monoisotopic (exact) mass is 1210 g/mol. The molecule has 10 amide bonds. The molecule has 26 N–H and O–H groups in total. The van der Waals surface area contributed by atoms with E-state index in [0.29, 0.717) is 6.42 Å². The van der Waals surface area contributed by atoms with Crippen molar-refractivity contribution >= 4 is 93.9 Å². The quantitative estimate of drug-likeness (QED) is 0.0160. The summed E-state index contributed by atoms with van der Waals surface area (Å²) in [6.45, 7) is 0.665. The van der Waals surface area contributed by atoms with Crippen molar-refractivity contribution < 1.29 is 57.4 Å². The van der Waals surface area contributed by atoms with Crippen LogP contribution in [-0.2, 0) is 19.2 Å². The summed E-state index contributed by atoms with van der Waals surface area (Å²) >= 11 is 0. The number of guanidine groups is 3. The van der Waals surface area contributed by atoms with Crippen LogP contribution in [0.5, 0.6) is 17.2 Å². The molecule has 0 aromatic heterocycles. The van der Waals surface area contributed by atoms with E-state index in [4.69, 9.17) is 64.8 Å².